The van der Waals surface area contributed by atoms with E-state index < -0.39 is 213 Å². The van der Waals surface area contributed by atoms with Gasteiger partial charge in [0.2, 0.25) is 0 Å². The molecule has 0 aliphatic carbocycles. The zero-order valence-corrected chi connectivity index (χ0v) is 145. The van der Waals surface area contributed by atoms with E-state index >= 15 is 0 Å². The summed E-state index contributed by atoms with van der Waals surface area (Å²) in [6, 6.07) is 0. The molecule has 0 saturated carbocycles. The molecular formula is I57-. The van der Waals surface area contributed by atoms with Crippen LogP contribution in [0.1, 0.15) is 0 Å². The molecule has 0 amide bonds. The molecule has 0 saturated heterocycles. The Labute approximate surface area is 720 Å². The maximum atomic E-state index is 3.41. The number of halogens is 57. The molecule has 0 atom stereocenters. The van der Waals surface area contributed by atoms with Crippen LogP contribution in [0.3, 0.4) is 0 Å². The number of hydrogen-bond acceptors (Lipinski definition) is 0. The van der Waals surface area contributed by atoms with Gasteiger partial charge in [0.15, 0.2) is 0 Å². The Morgan fingerprint density at radius 3 is 0.368 bits per heavy atom. The Balaban J connectivity index is 5.64. The van der Waals surface area contributed by atoms with Crippen LogP contribution in [0.5, 0.6) is 0 Å². The van der Waals surface area contributed by atoms with Gasteiger partial charge in [-0.05, 0) is 0 Å². The van der Waals surface area contributed by atoms with Crippen LogP contribution in [0.4, 0.5) is 0 Å². The Morgan fingerprint density at radius 1 is 0.158 bits per heavy atom. The fourth-order valence-electron chi connectivity index (χ4n) is 0.787. The van der Waals surface area contributed by atoms with Crippen molar-refractivity contribution in [2.45, 2.75) is 0 Å². The van der Waals surface area contributed by atoms with Crippen LogP contribution in [-0.2, 0) is 0 Å². The third kappa shape index (κ3) is 41.0. The normalized spacial score (nSPS) is 18.9. The van der Waals surface area contributed by atoms with E-state index in [0.29, 0.717) is 13.3 Å². The second-order valence-electron chi connectivity index (χ2n) is 4.43. The van der Waals surface area contributed by atoms with Crippen molar-refractivity contribution >= 4 is 753 Å². The van der Waals surface area contributed by atoms with Gasteiger partial charge < -0.3 is 0 Å². The molecule has 0 nitrogen and oxygen atoms in total. The van der Waals surface area contributed by atoms with E-state index in [4.69, 9.17) is 0 Å². The second-order valence-corrected chi connectivity index (χ2v) is 1340. The summed E-state index contributed by atoms with van der Waals surface area (Å²) in [5, 5.41) is 0. The third-order valence-corrected chi connectivity index (χ3v) is 4380. The van der Waals surface area contributed by atoms with Gasteiger partial charge in [-0.2, -0.15) is 0 Å². The van der Waals surface area contributed by atoms with Crippen molar-refractivity contribution in [3.8, 4) is 0 Å². The first kappa shape index (κ1) is 98.6. The topological polar surface area (TPSA) is 0 Å². The fraction of sp³-hybridized carbons (Fsp3) is 0. The average Bonchev–Trinajstić information content (AvgIpc) is 3.21. The number of hydrogen-bond donors (Lipinski definition) is 0. The number of rotatable bonds is 27. The van der Waals surface area contributed by atoms with Crippen LogP contribution < -0.4 is 13.3 Å². The van der Waals surface area contributed by atoms with Gasteiger partial charge in [0, 0.05) is 0 Å². The van der Waals surface area contributed by atoms with Crippen LogP contribution in [0, 0.1) is 0 Å². The summed E-state index contributed by atoms with van der Waals surface area (Å²) >= 11 is 96.3. The van der Waals surface area contributed by atoms with E-state index in [-0.39, 0.29) is 0 Å². The van der Waals surface area contributed by atoms with Crippen LogP contribution in [0.15, 0.2) is 0 Å². The molecule has 57 heavy (non-hydrogen) atoms. The van der Waals surface area contributed by atoms with E-state index in [2.05, 4.69) is 540 Å². The van der Waals surface area contributed by atoms with Crippen LogP contribution in [0.2, 0.25) is 0 Å². The van der Waals surface area contributed by atoms with Crippen LogP contribution in [-0.4, -0.2) is 0 Å². The van der Waals surface area contributed by atoms with Crippen molar-refractivity contribution in [2.75, 3.05) is 0 Å². The molecule has 0 aromatic carbocycles. The van der Waals surface area contributed by atoms with Crippen molar-refractivity contribution in [1.82, 2.24) is 0 Å². The molecule has 57 heteroatoms. The summed E-state index contributed by atoms with van der Waals surface area (Å²) in [6.07, 6.45) is 0. The second kappa shape index (κ2) is 59.6. The quantitative estimate of drug-likeness (QED) is 0.0719. The zero-order valence-electron chi connectivity index (χ0n) is 21.5. The molecule has 0 N–H and O–H groups in total. The monoisotopic (exact) mass is 7230 g/mol. The summed E-state index contributed by atoms with van der Waals surface area (Å²) in [4.78, 5) is 0. The molecule has 0 aromatic heterocycles. The van der Waals surface area contributed by atoms with Gasteiger partial charge in [0.1, 0.15) is 0 Å². The van der Waals surface area contributed by atoms with E-state index in [0.717, 1.165) is 0 Å². The average molecular weight is 7230 g/mol. The Morgan fingerprint density at radius 2 is 0.263 bits per heavy atom. The Bertz CT molecular complexity index is 1040. The van der Waals surface area contributed by atoms with Crippen molar-refractivity contribution in [1.29, 1.82) is 0 Å². The molecule has 0 aliphatic rings. The standard InChI is InChI=1S/I57/c1-30-32(4)34(6)36(8)38(10)40(12)42(14)44(16)46(18)48(20)50(22)52(24)54(26)56(28)57(29)55(27)53(25)51(23)49(21)47(19)45(17)43(15)41(13)39(11)37(9)35(7)33(5)31(2)3/q-1. The summed E-state index contributed by atoms with van der Waals surface area (Å²) in [5.41, 5.74) is 0. The first-order valence-corrected chi connectivity index (χ1v) is 360. The van der Waals surface area contributed by atoms with E-state index in [1.807, 2.05) is 0 Å². The first-order valence-electron chi connectivity index (χ1n) is 8.00. The molecule has 0 fully saturated rings. The van der Waals surface area contributed by atoms with Gasteiger partial charge >= 0.3 is 766 Å². The third-order valence-electron chi connectivity index (χ3n) is 2.16. The molecule has 0 unspecified atom stereocenters. The molecule has 0 rings (SSSR count). The summed E-state index contributed by atoms with van der Waals surface area (Å²) < 4.78 is 0. The molecule has 0 heterocycles. The van der Waals surface area contributed by atoms with Gasteiger partial charge in [-0.15, -0.1) is 0 Å². The summed E-state index contributed by atoms with van der Waals surface area (Å²) in [5.74, 6) is 0. The van der Waals surface area contributed by atoms with Crippen molar-refractivity contribution in [2.24, 2.45) is 0 Å². The van der Waals surface area contributed by atoms with Crippen LogP contribution in [0.25, 0.3) is 0 Å². The predicted octanol–water partition coefficient (Wildman–Crippen LogP) is 46.6. The predicted molar refractivity (Wildman–Crippen MR) is 785 cm³/mol. The van der Waals surface area contributed by atoms with E-state index in [1.165, 1.54) is 0 Å². The fourth-order valence-corrected chi connectivity index (χ4v) is 10700. The minimum absolute atomic E-state index is 0.402. The van der Waals surface area contributed by atoms with Gasteiger partial charge in [0.05, 0.1) is 0 Å². The molecular weight excluding hydrogens is 7230 g/mol. The summed E-state index contributed by atoms with van der Waals surface area (Å²) in [6.45, 7) is 0. The molecule has 0 spiro atoms. The maximum absolute atomic E-state index is 3.41. The SMILES string of the molecule is I[I-]I(I)I(I)I(I)I(I)I(I)I(I)I(I)I(I)I(I)I(I)I(I)I(I)I(I)I(I)I(I)I(I)I(I)I(I)I(I)I(I)I(I)I(I)I(I)I(I)I(I)I(I)I(I)I. The molecule has 0 aliphatic heterocycles. The molecule has 0 bridgehead atoms. The van der Waals surface area contributed by atoms with E-state index in [1.54, 1.807) is 0 Å². The molecule has 0 aromatic rings. The summed E-state index contributed by atoms with van der Waals surface area (Å²) in [7, 11) is -14.7. The van der Waals surface area contributed by atoms with Crippen molar-refractivity contribution in [3.05, 3.63) is 0 Å². The van der Waals surface area contributed by atoms with Crippen LogP contribution >= 0.6 is 753 Å². The van der Waals surface area contributed by atoms with Crippen molar-refractivity contribution in [3.63, 3.8) is 0 Å². The zero-order chi connectivity index (χ0) is 45.3. The van der Waals surface area contributed by atoms with Gasteiger partial charge in [-0.3, -0.25) is 0 Å². The first-order chi connectivity index (χ1) is 25.9. The minimum atomic E-state index is -0.594. The molecule has 400 valence electrons. The Hall–Kier alpha value is 41.6. The van der Waals surface area contributed by atoms with Gasteiger partial charge in [0.25, 0.3) is 0 Å². The Kier molecular flexibility index (Phi) is 103. The van der Waals surface area contributed by atoms with Gasteiger partial charge in [-0.1, -0.05) is 0 Å². The molecule has 0 radical (unpaired) electrons. The van der Waals surface area contributed by atoms with Crippen molar-refractivity contribution < 1.29 is 13.3 Å². The van der Waals surface area contributed by atoms with Gasteiger partial charge in [-0.25, -0.2) is 0 Å². The van der Waals surface area contributed by atoms with E-state index in [9.17, 15) is 0 Å².